The summed E-state index contributed by atoms with van der Waals surface area (Å²) in [5.41, 5.74) is 0.423. The molecule has 0 bridgehead atoms. The Hall–Kier alpha value is -3.05. The molecule has 0 aromatic heterocycles. The molecule has 1 fully saturated rings. The highest BCUT2D eigenvalue weighted by molar-refractivity contribution is 6.05. The van der Waals surface area contributed by atoms with Gasteiger partial charge in [0.15, 0.2) is 11.6 Å². The number of aryl methyl sites for hydroxylation is 1. The lowest BCUT2D eigenvalue weighted by molar-refractivity contribution is -0.138. The Kier molecular flexibility index (Phi) is 5.41. The van der Waals surface area contributed by atoms with E-state index in [1.807, 2.05) is 36.4 Å². The first-order chi connectivity index (χ1) is 14.1. The Morgan fingerprint density at radius 1 is 1.03 bits per heavy atom. The number of anilines is 1. The number of para-hydroxylation sites is 1. The number of ether oxygens (including phenoxy) is 1. The number of ketones is 1. The van der Waals surface area contributed by atoms with Gasteiger partial charge in [-0.25, -0.2) is 4.39 Å². The molecule has 1 amide bonds. The molecule has 1 heterocycles. The van der Waals surface area contributed by atoms with Crippen LogP contribution in [0, 0.1) is 5.92 Å². The van der Waals surface area contributed by atoms with Crippen molar-refractivity contribution in [2.45, 2.75) is 25.0 Å². The van der Waals surface area contributed by atoms with Crippen molar-refractivity contribution in [3.05, 3.63) is 90.3 Å². The third kappa shape index (κ3) is 3.91. The zero-order valence-corrected chi connectivity index (χ0v) is 16.0. The number of hydrogen-bond donors (Lipinski definition) is 0. The lowest BCUT2D eigenvalue weighted by atomic mass is 9.92. The number of halogens is 1. The molecule has 1 aliphatic heterocycles. The molecule has 1 spiro atoms. The van der Waals surface area contributed by atoms with E-state index >= 15 is 0 Å². The van der Waals surface area contributed by atoms with Crippen LogP contribution in [0.5, 0.6) is 0 Å². The molecule has 2 atom stereocenters. The van der Waals surface area contributed by atoms with Gasteiger partial charge in [-0.1, -0.05) is 48.5 Å². The molecule has 29 heavy (non-hydrogen) atoms. The smallest absolute Gasteiger partial charge is 0.235 e. The molecule has 2 aromatic carbocycles. The third-order valence-corrected chi connectivity index (χ3v) is 5.35. The van der Waals surface area contributed by atoms with Crippen LogP contribution in [0.15, 0.2) is 84.7 Å². The molecule has 2 unspecified atom stereocenters. The van der Waals surface area contributed by atoms with Crippen LogP contribution >= 0.6 is 0 Å². The van der Waals surface area contributed by atoms with Crippen LogP contribution in [0.4, 0.5) is 10.1 Å². The van der Waals surface area contributed by atoms with Crippen LogP contribution in [-0.4, -0.2) is 24.0 Å². The standard InChI is InChI=1S/C24H22FNO3/c25-21-16-24(15-14-22(21)27)26(20-12-5-2-6-13-20)23(28)19(17-29-24)11-7-10-18-8-3-1-4-9-18/h1-6,8-9,12-16,19H,7,10-11,17H2. The van der Waals surface area contributed by atoms with E-state index in [2.05, 4.69) is 12.1 Å². The highest BCUT2D eigenvalue weighted by Gasteiger charge is 2.47. The molecule has 148 valence electrons. The normalized spacial score (nSPS) is 24.1. The van der Waals surface area contributed by atoms with Gasteiger partial charge in [0, 0.05) is 11.8 Å². The highest BCUT2D eigenvalue weighted by Crippen LogP contribution is 2.38. The predicted molar refractivity (Wildman–Crippen MR) is 109 cm³/mol. The SMILES string of the molecule is O=C1C=CC2(C=C1F)OCC(CCCc1ccccc1)C(=O)N2c1ccccc1. The molecule has 1 saturated heterocycles. The van der Waals surface area contributed by atoms with Gasteiger partial charge in [-0.15, -0.1) is 0 Å². The number of hydrogen-bond acceptors (Lipinski definition) is 3. The van der Waals surface area contributed by atoms with Gasteiger partial charge in [-0.05, 0) is 49.1 Å². The van der Waals surface area contributed by atoms with Crippen molar-refractivity contribution in [2.24, 2.45) is 5.92 Å². The first-order valence-electron chi connectivity index (χ1n) is 9.78. The van der Waals surface area contributed by atoms with Crippen molar-refractivity contribution in [3.8, 4) is 0 Å². The quantitative estimate of drug-likeness (QED) is 0.760. The third-order valence-electron chi connectivity index (χ3n) is 5.35. The molecule has 2 aromatic rings. The lowest BCUT2D eigenvalue weighted by Crippen LogP contribution is -2.59. The monoisotopic (exact) mass is 391 g/mol. The molecular weight excluding hydrogens is 369 g/mol. The van der Waals surface area contributed by atoms with Gasteiger partial charge in [0.05, 0.1) is 12.5 Å². The number of amides is 1. The molecule has 1 aliphatic carbocycles. The van der Waals surface area contributed by atoms with E-state index in [9.17, 15) is 14.0 Å². The lowest BCUT2D eigenvalue weighted by Gasteiger charge is -2.46. The van der Waals surface area contributed by atoms with Crippen LogP contribution in [-0.2, 0) is 20.7 Å². The van der Waals surface area contributed by atoms with Gasteiger partial charge in [0.1, 0.15) is 0 Å². The van der Waals surface area contributed by atoms with E-state index in [-0.39, 0.29) is 18.4 Å². The minimum Gasteiger partial charge on any atom is -0.347 e. The first kappa shape index (κ1) is 19.3. The highest BCUT2D eigenvalue weighted by atomic mass is 19.1. The largest absolute Gasteiger partial charge is 0.347 e. The molecule has 4 rings (SSSR count). The summed E-state index contributed by atoms with van der Waals surface area (Å²) in [6.07, 6.45) is 6.09. The van der Waals surface area contributed by atoms with Crippen LogP contribution in [0.1, 0.15) is 18.4 Å². The van der Waals surface area contributed by atoms with E-state index < -0.39 is 17.3 Å². The summed E-state index contributed by atoms with van der Waals surface area (Å²) in [6.45, 7) is 0.180. The Morgan fingerprint density at radius 3 is 2.41 bits per heavy atom. The Balaban J connectivity index is 1.56. The zero-order chi connectivity index (χ0) is 20.3. The van der Waals surface area contributed by atoms with Crippen LogP contribution in [0.3, 0.4) is 0 Å². The minimum atomic E-state index is -1.41. The summed E-state index contributed by atoms with van der Waals surface area (Å²) in [6, 6.07) is 19.2. The fraction of sp³-hybridized carbons (Fsp3) is 0.250. The van der Waals surface area contributed by atoms with Crippen LogP contribution in [0.25, 0.3) is 0 Å². The summed E-state index contributed by atoms with van der Waals surface area (Å²) in [4.78, 5) is 26.5. The fourth-order valence-corrected chi connectivity index (χ4v) is 3.84. The van der Waals surface area contributed by atoms with E-state index in [4.69, 9.17) is 4.74 Å². The average Bonchev–Trinajstić information content (AvgIpc) is 2.74. The van der Waals surface area contributed by atoms with Gasteiger partial charge in [-0.3, -0.25) is 14.5 Å². The van der Waals surface area contributed by atoms with Gasteiger partial charge < -0.3 is 4.74 Å². The van der Waals surface area contributed by atoms with Crippen molar-refractivity contribution >= 4 is 17.4 Å². The summed E-state index contributed by atoms with van der Waals surface area (Å²) in [5.74, 6) is -2.08. The Labute approximate surface area is 169 Å². The second-order valence-corrected chi connectivity index (χ2v) is 7.34. The van der Waals surface area contributed by atoms with Crippen molar-refractivity contribution in [3.63, 3.8) is 0 Å². The molecule has 0 N–H and O–H groups in total. The van der Waals surface area contributed by atoms with E-state index in [1.54, 1.807) is 12.1 Å². The summed E-state index contributed by atoms with van der Waals surface area (Å²) in [7, 11) is 0. The second kappa shape index (κ2) is 8.13. The summed E-state index contributed by atoms with van der Waals surface area (Å²) in [5, 5.41) is 0. The van der Waals surface area contributed by atoms with E-state index in [0.717, 1.165) is 25.0 Å². The van der Waals surface area contributed by atoms with Crippen molar-refractivity contribution < 1.29 is 18.7 Å². The molecule has 0 saturated carbocycles. The van der Waals surface area contributed by atoms with Gasteiger partial charge in [0.25, 0.3) is 0 Å². The molecule has 2 aliphatic rings. The summed E-state index contributed by atoms with van der Waals surface area (Å²) >= 11 is 0. The first-order valence-corrected chi connectivity index (χ1v) is 9.78. The topological polar surface area (TPSA) is 46.6 Å². The molecule has 0 radical (unpaired) electrons. The second-order valence-electron chi connectivity index (χ2n) is 7.34. The predicted octanol–water partition coefficient (Wildman–Crippen LogP) is 4.38. The maximum Gasteiger partial charge on any atom is 0.235 e. The maximum absolute atomic E-state index is 14.2. The minimum absolute atomic E-state index is 0.126. The molecule has 4 nitrogen and oxygen atoms in total. The van der Waals surface area contributed by atoms with Gasteiger partial charge in [-0.2, -0.15) is 0 Å². The zero-order valence-electron chi connectivity index (χ0n) is 16.0. The molecular formula is C24H22FNO3. The Bertz CT molecular complexity index is 955. The van der Waals surface area contributed by atoms with Crippen molar-refractivity contribution in [1.82, 2.24) is 0 Å². The van der Waals surface area contributed by atoms with Gasteiger partial charge in [0.2, 0.25) is 11.7 Å². The van der Waals surface area contributed by atoms with E-state index in [0.29, 0.717) is 12.1 Å². The Morgan fingerprint density at radius 2 is 1.72 bits per heavy atom. The molecule has 5 heteroatoms. The maximum atomic E-state index is 14.2. The van der Waals surface area contributed by atoms with Crippen molar-refractivity contribution in [2.75, 3.05) is 11.5 Å². The number of carbonyl (C=O) groups excluding carboxylic acids is 2. The number of benzene rings is 2. The number of allylic oxidation sites excluding steroid dienone is 2. The van der Waals surface area contributed by atoms with Gasteiger partial charge >= 0.3 is 0 Å². The van der Waals surface area contributed by atoms with Crippen molar-refractivity contribution in [1.29, 1.82) is 0 Å². The number of nitrogens with zero attached hydrogens (tertiary/aromatic N) is 1. The average molecular weight is 391 g/mol. The number of carbonyl (C=O) groups is 2. The van der Waals surface area contributed by atoms with Crippen LogP contribution < -0.4 is 4.90 Å². The number of rotatable bonds is 5. The fourth-order valence-electron chi connectivity index (χ4n) is 3.84. The summed E-state index contributed by atoms with van der Waals surface area (Å²) < 4.78 is 20.2. The van der Waals surface area contributed by atoms with E-state index in [1.165, 1.54) is 16.5 Å². The van der Waals surface area contributed by atoms with Crippen LogP contribution in [0.2, 0.25) is 0 Å².